The normalized spacial score (nSPS) is 17.2. The van der Waals surface area contributed by atoms with Crippen molar-refractivity contribution in [3.8, 4) is 23.2 Å². The highest BCUT2D eigenvalue weighted by Crippen LogP contribution is 2.38. The Morgan fingerprint density at radius 3 is 2.38 bits per heavy atom. The van der Waals surface area contributed by atoms with Gasteiger partial charge in [0.25, 0.3) is 15.0 Å². The zero-order chi connectivity index (χ0) is 26.2. The van der Waals surface area contributed by atoms with Gasteiger partial charge < -0.3 is 19.5 Å². The summed E-state index contributed by atoms with van der Waals surface area (Å²) in [6.07, 6.45) is 5.65. The Morgan fingerprint density at radius 2 is 1.70 bits per heavy atom. The van der Waals surface area contributed by atoms with Gasteiger partial charge in [-0.15, -0.1) is 0 Å². The zero-order valence-corrected chi connectivity index (χ0v) is 20.8. The highest BCUT2D eigenvalue weighted by molar-refractivity contribution is 7.90. The quantitative estimate of drug-likeness (QED) is 0.361. The second-order valence-electron chi connectivity index (χ2n) is 7.77. The molecular formula is C23H22N8O5S. The van der Waals surface area contributed by atoms with Crippen molar-refractivity contribution in [3.05, 3.63) is 66.3 Å². The zero-order valence-electron chi connectivity index (χ0n) is 20.0. The lowest BCUT2D eigenvalue weighted by Gasteiger charge is -2.32. The molecule has 5 rings (SSSR count). The number of methoxy groups -OCH3 is 3. The van der Waals surface area contributed by atoms with Gasteiger partial charge in [-0.1, -0.05) is 12.1 Å². The van der Waals surface area contributed by atoms with Gasteiger partial charge in [0.1, 0.15) is 29.3 Å². The van der Waals surface area contributed by atoms with Crippen LogP contribution in [0, 0.1) is 0 Å². The van der Waals surface area contributed by atoms with Crippen molar-refractivity contribution in [2.75, 3.05) is 21.3 Å². The van der Waals surface area contributed by atoms with Crippen LogP contribution in [0.3, 0.4) is 0 Å². The standard InChI is InChI=1S/C23H22N8O5S/c1-34-15-6-4-7-16(35-2)20(15)14-10-11-27-23(30-14,37(24,32)33)17-12-25-21-22(28-17)31(13-26-21)18-8-5-9-19(29-18)36-3/h4-13,30H,1-3H3,(H2,24,32,33). The van der Waals surface area contributed by atoms with Gasteiger partial charge in [0, 0.05) is 12.3 Å². The van der Waals surface area contributed by atoms with Crippen LogP contribution >= 0.6 is 0 Å². The predicted octanol–water partition coefficient (Wildman–Crippen LogP) is 1.35. The molecule has 0 saturated carbocycles. The topological polar surface area (TPSA) is 169 Å². The number of benzene rings is 1. The number of imidazole rings is 1. The van der Waals surface area contributed by atoms with Crippen molar-refractivity contribution >= 4 is 33.2 Å². The average Bonchev–Trinajstić information content (AvgIpc) is 3.35. The van der Waals surface area contributed by atoms with E-state index in [1.54, 1.807) is 47.0 Å². The SMILES string of the molecule is COc1cccc(-n2cnc3ncc(C4(S(N)(=O)=O)N=CC=C(c5c(OC)cccc5OC)N4)nc32)n1. The van der Waals surface area contributed by atoms with Crippen LogP contribution in [-0.2, 0) is 15.0 Å². The molecule has 1 aromatic carbocycles. The molecule has 37 heavy (non-hydrogen) atoms. The molecule has 0 aliphatic carbocycles. The van der Waals surface area contributed by atoms with Crippen LogP contribution in [-0.4, -0.2) is 60.5 Å². The lowest BCUT2D eigenvalue weighted by molar-refractivity contribution is 0.390. The molecule has 3 N–H and O–H groups in total. The van der Waals surface area contributed by atoms with Gasteiger partial charge in [0.2, 0.25) is 5.88 Å². The molecule has 0 radical (unpaired) electrons. The van der Waals surface area contributed by atoms with Crippen LogP contribution in [0.1, 0.15) is 11.3 Å². The maximum Gasteiger partial charge on any atom is 0.291 e. The van der Waals surface area contributed by atoms with E-state index in [4.69, 9.17) is 19.3 Å². The van der Waals surface area contributed by atoms with E-state index in [2.05, 4.69) is 30.2 Å². The monoisotopic (exact) mass is 522 g/mol. The molecule has 4 aromatic rings. The fourth-order valence-electron chi connectivity index (χ4n) is 3.93. The van der Waals surface area contributed by atoms with Crippen LogP contribution in [0.4, 0.5) is 0 Å². The number of primary sulfonamides is 1. The van der Waals surface area contributed by atoms with E-state index in [-0.39, 0.29) is 17.0 Å². The Labute approximate surface area is 211 Å². The van der Waals surface area contributed by atoms with Crippen LogP contribution in [0.5, 0.6) is 17.4 Å². The van der Waals surface area contributed by atoms with Crippen LogP contribution in [0.2, 0.25) is 0 Å². The molecule has 190 valence electrons. The number of hydrogen-bond donors (Lipinski definition) is 2. The maximum atomic E-state index is 13.1. The summed E-state index contributed by atoms with van der Waals surface area (Å²) < 4.78 is 43.9. The second-order valence-corrected chi connectivity index (χ2v) is 9.45. The summed E-state index contributed by atoms with van der Waals surface area (Å²) in [5.41, 5.74) is 1.24. The van der Waals surface area contributed by atoms with Crippen molar-refractivity contribution in [1.29, 1.82) is 0 Å². The third-order valence-corrected chi connectivity index (χ3v) is 6.92. The Balaban J connectivity index is 1.67. The number of aliphatic imine (C=N–C) groups is 1. The molecule has 0 fully saturated rings. The summed E-state index contributed by atoms with van der Waals surface area (Å²) in [5.74, 6) is 1.71. The number of rotatable bonds is 7. The first-order valence-corrected chi connectivity index (χ1v) is 12.4. The van der Waals surface area contributed by atoms with Crippen molar-refractivity contribution in [2.24, 2.45) is 10.1 Å². The van der Waals surface area contributed by atoms with E-state index in [0.29, 0.717) is 34.5 Å². The largest absolute Gasteiger partial charge is 0.496 e. The number of ether oxygens (including phenoxy) is 3. The number of sulfonamides is 1. The maximum absolute atomic E-state index is 13.1. The van der Waals surface area contributed by atoms with E-state index in [1.165, 1.54) is 40.1 Å². The number of allylic oxidation sites excluding steroid dienone is 1. The van der Waals surface area contributed by atoms with Crippen LogP contribution < -0.4 is 24.7 Å². The molecule has 13 nitrogen and oxygen atoms in total. The fraction of sp³-hybridized carbons (Fsp3) is 0.174. The molecule has 0 spiro atoms. The molecule has 0 bridgehead atoms. The molecule has 1 aliphatic heterocycles. The van der Waals surface area contributed by atoms with Gasteiger partial charge >= 0.3 is 0 Å². The number of nitrogens with two attached hydrogens (primary N) is 1. The van der Waals surface area contributed by atoms with E-state index in [1.807, 2.05) is 0 Å². The number of hydrogen-bond acceptors (Lipinski definition) is 11. The first kappa shape index (κ1) is 24.1. The van der Waals surface area contributed by atoms with E-state index < -0.39 is 15.0 Å². The van der Waals surface area contributed by atoms with Gasteiger partial charge in [0.15, 0.2) is 11.3 Å². The Bertz CT molecular complexity index is 1640. The van der Waals surface area contributed by atoms with Gasteiger partial charge in [-0.05, 0) is 24.3 Å². The third-order valence-electron chi connectivity index (χ3n) is 5.68. The number of pyridine rings is 1. The molecule has 1 aliphatic rings. The Hall–Kier alpha value is -4.56. The van der Waals surface area contributed by atoms with Crippen molar-refractivity contribution in [3.63, 3.8) is 0 Å². The van der Waals surface area contributed by atoms with Gasteiger partial charge in [-0.3, -0.25) is 4.57 Å². The Morgan fingerprint density at radius 1 is 0.973 bits per heavy atom. The van der Waals surface area contributed by atoms with Gasteiger partial charge in [-0.2, -0.15) is 4.98 Å². The average molecular weight is 523 g/mol. The van der Waals surface area contributed by atoms with E-state index in [9.17, 15) is 8.42 Å². The van der Waals surface area contributed by atoms with Crippen molar-refractivity contribution in [2.45, 2.75) is 4.99 Å². The van der Waals surface area contributed by atoms with Crippen molar-refractivity contribution < 1.29 is 22.6 Å². The first-order valence-electron chi connectivity index (χ1n) is 10.8. The lowest BCUT2D eigenvalue weighted by Crippen LogP contribution is -2.52. The van der Waals surface area contributed by atoms with Gasteiger partial charge in [-0.25, -0.2) is 33.5 Å². The smallest absolute Gasteiger partial charge is 0.291 e. The number of fused-ring (bicyclic) bond motifs is 1. The summed E-state index contributed by atoms with van der Waals surface area (Å²) in [6.45, 7) is 0. The Kier molecular flexibility index (Phi) is 5.97. The van der Waals surface area contributed by atoms with Crippen molar-refractivity contribution in [1.82, 2.24) is 29.8 Å². The minimum Gasteiger partial charge on any atom is -0.496 e. The minimum atomic E-state index is -4.46. The molecule has 4 heterocycles. The fourth-order valence-corrected chi connectivity index (χ4v) is 4.78. The number of nitrogens with zero attached hydrogens (tertiary/aromatic N) is 6. The summed E-state index contributed by atoms with van der Waals surface area (Å²) in [7, 11) is 0.0325. The molecule has 0 amide bonds. The van der Waals surface area contributed by atoms with Crippen LogP contribution in [0.15, 0.2) is 60.0 Å². The number of aromatic nitrogens is 5. The summed E-state index contributed by atoms with van der Waals surface area (Å²) in [4.78, 5) is 19.6. The highest BCUT2D eigenvalue weighted by Gasteiger charge is 2.47. The van der Waals surface area contributed by atoms with E-state index >= 15 is 0 Å². The second kappa shape index (κ2) is 9.15. The van der Waals surface area contributed by atoms with Gasteiger partial charge in [0.05, 0.1) is 38.8 Å². The summed E-state index contributed by atoms with van der Waals surface area (Å²) >= 11 is 0. The lowest BCUT2D eigenvalue weighted by atomic mass is 10.1. The summed E-state index contributed by atoms with van der Waals surface area (Å²) in [5, 5.41) is 8.70. The van der Waals surface area contributed by atoms with Crippen LogP contribution in [0.25, 0.3) is 22.8 Å². The predicted molar refractivity (Wildman–Crippen MR) is 135 cm³/mol. The minimum absolute atomic E-state index is 0.0807. The van der Waals surface area contributed by atoms with E-state index in [0.717, 1.165) is 0 Å². The molecule has 3 aromatic heterocycles. The molecule has 1 unspecified atom stereocenters. The third kappa shape index (κ3) is 4.01. The molecule has 0 saturated heterocycles. The molecular weight excluding hydrogens is 500 g/mol. The molecule has 1 atom stereocenters. The first-order chi connectivity index (χ1) is 17.8. The highest BCUT2D eigenvalue weighted by atomic mass is 32.2. The number of nitrogens with one attached hydrogen (secondary N) is 1. The molecule has 14 heteroatoms. The summed E-state index contributed by atoms with van der Waals surface area (Å²) in [6, 6.07) is 10.3.